The molecule has 5 aromatic rings. The number of Topliss-reactive ketones (excluding diaryl/α,β-unsaturated/α-hetero) is 3. The van der Waals surface area contributed by atoms with Gasteiger partial charge >= 0.3 is 11.9 Å². The van der Waals surface area contributed by atoms with Crippen LogP contribution in [0.4, 0.5) is 11.4 Å². The highest BCUT2D eigenvalue weighted by atomic mass is 16.5. The van der Waals surface area contributed by atoms with E-state index in [9.17, 15) is 28.8 Å². The van der Waals surface area contributed by atoms with Gasteiger partial charge in [-0.1, -0.05) is 36.4 Å². The van der Waals surface area contributed by atoms with Crippen LogP contribution in [0.3, 0.4) is 0 Å². The molecule has 4 unspecified atom stereocenters. The molecule has 0 heterocycles. The molecular weight excluding hydrogens is 684 g/mol. The molecule has 3 N–H and O–H groups in total. The number of fused-ring (bicyclic) bond motifs is 3. The lowest BCUT2D eigenvalue weighted by molar-refractivity contribution is -0.130. The Hall–Kier alpha value is -6.68. The zero-order chi connectivity index (χ0) is 38.5. The van der Waals surface area contributed by atoms with Gasteiger partial charge in [0.05, 0.1) is 11.1 Å². The summed E-state index contributed by atoms with van der Waals surface area (Å²) in [5, 5.41) is 4.43. The fourth-order valence-corrected chi connectivity index (χ4v) is 6.99. The van der Waals surface area contributed by atoms with Crippen molar-refractivity contribution in [2.75, 3.05) is 11.1 Å². The molecule has 0 saturated heterocycles. The molecule has 0 aromatic heterocycles. The maximum Gasteiger partial charge on any atom is 0.343 e. The van der Waals surface area contributed by atoms with Gasteiger partial charge in [0.2, 0.25) is 0 Å². The Labute approximate surface area is 312 Å². The number of hydrogen-bond donors (Lipinski definition) is 2. The van der Waals surface area contributed by atoms with Crippen molar-refractivity contribution in [3.8, 4) is 11.5 Å². The molecule has 0 radical (unpaired) electrons. The first-order valence-corrected chi connectivity index (χ1v) is 17.4. The van der Waals surface area contributed by atoms with Crippen LogP contribution in [0.1, 0.15) is 68.6 Å². The summed E-state index contributed by atoms with van der Waals surface area (Å²) >= 11 is 0. The lowest BCUT2D eigenvalue weighted by Gasteiger charge is -2.23. The maximum absolute atomic E-state index is 12.9. The second-order valence-corrected chi connectivity index (χ2v) is 13.5. The largest absolute Gasteiger partial charge is 0.423 e. The van der Waals surface area contributed by atoms with Crippen LogP contribution in [-0.4, -0.2) is 35.2 Å². The molecule has 2 aliphatic rings. The number of nitrogens with two attached hydrogens (primary N) is 1. The minimum Gasteiger partial charge on any atom is -0.423 e. The van der Waals surface area contributed by atoms with Gasteiger partial charge in [0.25, 0.3) is 5.91 Å². The van der Waals surface area contributed by atoms with E-state index in [1.165, 1.54) is 13.0 Å². The van der Waals surface area contributed by atoms with E-state index in [1.807, 2.05) is 0 Å². The van der Waals surface area contributed by atoms with Gasteiger partial charge in [0, 0.05) is 34.3 Å². The van der Waals surface area contributed by atoms with Crippen molar-refractivity contribution in [2.45, 2.75) is 27.2 Å². The summed E-state index contributed by atoms with van der Waals surface area (Å²) in [5.74, 6) is 0.0370. The van der Waals surface area contributed by atoms with Gasteiger partial charge in [-0.2, -0.15) is 0 Å². The monoisotopic (exact) mass is 722 g/mol. The summed E-state index contributed by atoms with van der Waals surface area (Å²) in [7, 11) is 0. The summed E-state index contributed by atoms with van der Waals surface area (Å²) in [4.78, 5) is 72.3. The molecule has 4 atom stereocenters. The zero-order valence-electron chi connectivity index (χ0n) is 29.9. The highest BCUT2D eigenvalue weighted by Gasteiger charge is 2.48. The van der Waals surface area contributed by atoms with Gasteiger partial charge in [0.15, 0.2) is 5.78 Å². The van der Waals surface area contributed by atoms with Crippen molar-refractivity contribution in [2.24, 2.45) is 23.7 Å². The molecule has 272 valence electrons. The molecule has 1 amide bonds. The van der Waals surface area contributed by atoms with Crippen LogP contribution in [0.25, 0.3) is 10.8 Å². The smallest absolute Gasteiger partial charge is 0.343 e. The Morgan fingerprint density at radius 2 is 1.11 bits per heavy atom. The molecule has 0 spiro atoms. The van der Waals surface area contributed by atoms with Crippen molar-refractivity contribution < 1.29 is 38.2 Å². The van der Waals surface area contributed by atoms with Crippen molar-refractivity contribution in [3.63, 3.8) is 0 Å². The quantitative estimate of drug-likeness (QED) is 0.0507. The van der Waals surface area contributed by atoms with Gasteiger partial charge in [0.1, 0.15) is 23.1 Å². The molecule has 1 saturated carbocycles. The molecule has 10 heteroatoms. The Morgan fingerprint density at radius 3 is 1.74 bits per heavy atom. The second kappa shape index (κ2) is 15.9. The summed E-state index contributed by atoms with van der Waals surface area (Å²) in [6, 6.07) is 29.3. The number of ketones is 3. The van der Waals surface area contributed by atoms with E-state index in [1.54, 1.807) is 117 Å². The zero-order valence-corrected chi connectivity index (χ0v) is 29.9. The molecule has 10 nitrogen and oxygen atoms in total. The van der Waals surface area contributed by atoms with E-state index >= 15 is 0 Å². The first-order chi connectivity index (χ1) is 25.9. The molecular formula is C44H38N2O8. The van der Waals surface area contributed by atoms with Gasteiger partial charge in [-0.3, -0.25) is 19.2 Å². The van der Waals surface area contributed by atoms with E-state index in [-0.39, 0.29) is 40.3 Å². The van der Waals surface area contributed by atoms with E-state index in [0.717, 1.165) is 17.2 Å². The average molecular weight is 723 g/mol. The van der Waals surface area contributed by atoms with Crippen molar-refractivity contribution >= 4 is 57.3 Å². The highest BCUT2D eigenvalue weighted by Crippen LogP contribution is 2.48. The van der Waals surface area contributed by atoms with Crippen LogP contribution in [0.5, 0.6) is 11.5 Å². The first kappa shape index (κ1) is 37.1. The first-order valence-electron chi connectivity index (χ1n) is 17.4. The number of nitrogen functional groups attached to an aromatic ring is 1. The third-order valence-electron chi connectivity index (χ3n) is 9.66. The van der Waals surface area contributed by atoms with Crippen LogP contribution < -0.4 is 20.5 Å². The summed E-state index contributed by atoms with van der Waals surface area (Å²) in [5.41, 5.74) is 8.08. The van der Waals surface area contributed by atoms with E-state index in [2.05, 4.69) is 17.5 Å². The number of carbonyl (C=O) groups excluding carboxylic acids is 6. The molecule has 5 aromatic carbocycles. The van der Waals surface area contributed by atoms with Crippen LogP contribution in [0.2, 0.25) is 0 Å². The van der Waals surface area contributed by atoms with Crippen molar-refractivity contribution in [1.82, 2.24) is 0 Å². The van der Waals surface area contributed by atoms with Crippen LogP contribution in [0.15, 0.2) is 121 Å². The number of amides is 1. The Morgan fingerprint density at radius 1 is 0.574 bits per heavy atom. The normalized spacial score (nSPS) is 17.9. The van der Waals surface area contributed by atoms with E-state index < -0.39 is 17.8 Å². The third kappa shape index (κ3) is 8.50. The van der Waals surface area contributed by atoms with Crippen LogP contribution >= 0.6 is 0 Å². The molecule has 2 bridgehead atoms. The van der Waals surface area contributed by atoms with Gasteiger partial charge in [-0.25, -0.2) is 9.59 Å². The SMILES string of the molecule is CC(=O)C1C2C=CC(C2)C1C(C)=O.CC(=O)c1ccc2cc(OC(=O)c3cccc(C(=O)Nc4ccc(OC(=O)c5ccc(N)cc5)cc4)c3)ccc2c1. The number of carbonyl (C=O) groups is 6. The van der Waals surface area contributed by atoms with E-state index in [0.29, 0.717) is 45.8 Å². The van der Waals surface area contributed by atoms with Gasteiger partial charge in [-0.05, 0) is 135 Å². The highest BCUT2D eigenvalue weighted by molar-refractivity contribution is 6.06. The molecule has 54 heavy (non-hydrogen) atoms. The maximum atomic E-state index is 12.9. The standard InChI is InChI=1S/C33H24N2O6.C11H14O2/c1-20(36)22-5-6-24-19-30(14-9-23(24)17-22)41-33(39)26-4-2-3-25(18-26)31(37)35-28-12-15-29(16-13-28)40-32(38)21-7-10-27(34)11-8-21;1-6(12)10-8-3-4-9(5-8)11(10)7(2)13/h2-19H,34H2,1H3,(H,35,37);3-4,8-11H,5H2,1-2H3. The molecule has 2 aliphatic carbocycles. The lowest BCUT2D eigenvalue weighted by atomic mass is 9.79. The number of esters is 2. The van der Waals surface area contributed by atoms with E-state index in [4.69, 9.17) is 15.2 Å². The topological polar surface area (TPSA) is 159 Å². The number of rotatable bonds is 9. The van der Waals surface area contributed by atoms with Crippen molar-refractivity contribution in [3.05, 3.63) is 144 Å². The predicted octanol–water partition coefficient (Wildman–Crippen LogP) is 7.92. The Bertz CT molecular complexity index is 2280. The summed E-state index contributed by atoms with van der Waals surface area (Å²) in [6.45, 7) is 4.72. The summed E-state index contributed by atoms with van der Waals surface area (Å²) in [6.07, 6.45) is 5.22. The number of benzene rings is 5. The Kier molecular flexibility index (Phi) is 10.9. The fourth-order valence-electron chi connectivity index (χ4n) is 6.99. The Balaban J connectivity index is 0.000000321. The van der Waals surface area contributed by atoms with Crippen molar-refractivity contribution in [1.29, 1.82) is 0 Å². The third-order valence-corrected chi connectivity index (χ3v) is 9.66. The molecule has 0 aliphatic heterocycles. The number of anilines is 2. The number of nitrogens with one attached hydrogen (secondary N) is 1. The fraction of sp³-hybridized carbons (Fsp3) is 0.182. The summed E-state index contributed by atoms with van der Waals surface area (Å²) < 4.78 is 10.9. The number of hydrogen-bond acceptors (Lipinski definition) is 9. The number of ether oxygens (including phenoxy) is 2. The van der Waals surface area contributed by atoms with Gasteiger partial charge < -0.3 is 20.5 Å². The second-order valence-electron chi connectivity index (χ2n) is 13.5. The number of allylic oxidation sites excluding steroid dienone is 2. The molecule has 1 fully saturated rings. The van der Waals surface area contributed by atoms with Crippen LogP contribution in [0, 0.1) is 23.7 Å². The predicted molar refractivity (Wildman–Crippen MR) is 205 cm³/mol. The lowest BCUT2D eigenvalue weighted by Crippen LogP contribution is -2.30. The average Bonchev–Trinajstić information content (AvgIpc) is 3.79. The van der Waals surface area contributed by atoms with Gasteiger partial charge in [-0.15, -0.1) is 0 Å². The minimum absolute atomic E-state index is 0.0208. The molecule has 7 rings (SSSR count). The van der Waals surface area contributed by atoms with Crippen LogP contribution in [-0.2, 0) is 9.59 Å². The minimum atomic E-state index is -0.619.